The monoisotopic (exact) mass is 274 g/mol. The van der Waals surface area contributed by atoms with Crippen molar-refractivity contribution in [1.29, 1.82) is 0 Å². The fourth-order valence-corrected chi connectivity index (χ4v) is 2.54. The predicted molar refractivity (Wildman–Crippen MR) is 86.3 cm³/mol. The number of benzene rings is 1. The third kappa shape index (κ3) is 4.19. The van der Waals surface area contributed by atoms with Crippen LogP contribution in [0.4, 0.5) is 11.4 Å². The maximum atomic E-state index is 6.15. The molecule has 110 valence electrons. The van der Waals surface area contributed by atoms with Gasteiger partial charge in [-0.15, -0.1) is 0 Å². The van der Waals surface area contributed by atoms with E-state index in [9.17, 15) is 0 Å². The summed E-state index contributed by atoms with van der Waals surface area (Å²) in [6.07, 6.45) is 8.83. The summed E-state index contributed by atoms with van der Waals surface area (Å²) in [6.45, 7) is 4.95. The van der Waals surface area contributed by atoms with E-state index in [1.807, 2.05) is 32.0 Å². The van der Waals surface area contributed by atoms with Crippen LogP contribution in [-0.4, -0.2) is 12.6 Å². The Kier molecular flexibility index (Phi) is 5.33. The second-order valence-electron chi connectivity index (χ2n) is 5.67. The summed E-state index contributed by atoms with van der Waals surface area (Å²) < 4.78 is 5.71. The van der Waals surface area contributed by atoms with Crippen LogP contribution in [0.25, 0.3) is 0 Å². The number of nitrogen functional groups attached to an aromatic ring is 1. The number of para-hydroxylation sites is 1. The van der Waals surface area contributed by atoms with Gasteiger partial charge in [0.05, 0.1) is 17.5 Å². The highest BCUT2D eigenvalue weighted by atomic mass is 16.5. The second-order valence-corrected chi connectivity index (χ2v) is 5.67. The number of hydrogen-bond donors (Lipinski definition) is 2. The average molecular weight is 274 g/mol. The molecule has 0 amide bonds. The Morgan fingerprint density at radius 3 is 2.85 bits per heavy atom. The molecule has 0 atom stereocenters. The van der Waals surface area contributed by atoms with Crippen LogP contribution in [0, 0.1) is 0 Å². The zero-order chi connectivity index (χ0) is 14.4. The van der Waals surface area contributed by atoms with Gasteiger partial charge in [-0.2, -0.15) is 0 Å². The van der Waals surface area contributed by atoms with Crippen molar-refractivity contribution in [2.24, 2.45) is 0 Å². The first-order valence-corrected chi connectivity index (χ1v) is 7.63. The van der Waals surface area contributed by atoms with Crippen LogP contribution in [0.3, 0.4) is 0 Å². The van der Waals surface area contributed by atoms with E-state index in [0.29, 0.717) is 5.69 Å². The van der Waals surface area contributed by atoms with E-state index in [0.717, 1.165) is 24.4 Å². The summed E-state index contributed by atoms with van der Waals surface area (Å²) in [5.41, 5.74) is 9.41. The Morgan fingerprint density at radius 1 is 1.30 bits per heavy atom. The first-order valence-electron chi connectivity index (χ1n) is 7.63. The molecule has 2 rings (SSSR count). The number of anilines is 2. The van der Waals surface area contributed by atoms with E-state index in [1.54, 1.807) is 5.57 Å². The molecule has 20 heavy (non-hydrogen) atoms. The SMILES string of the molecule is CC(C)Oc1cccc(NCCC2=CCCCC2)c1N. The molecular formula is C17H26N2O. The zero-order valence-electron chi connectivity index (χ0n) is 12.6. The molecule has 0 aromatic heterocycles. The van der Waals surface area contributed by atoms with Crippen molar-refractivity contribution in [3.63, 3.8) is 0 Å². The zero-order valence-corrected chi connectivity index (χ0v) is 12.6. The molecule has 3 heteroatoms. The molecule has 1 aliphatic carbocycles. The van der Waals surface area contributed by atoms with Crippen molar-refractivity contribution in [3.8, 4) is 5.75 Å². The first kappa shape index (κ1) is 14.8. The summed E-state index contributed by atoms with van der Waals surface area (Å²) in [6, 6.07) is 5.91. The van der Waals surface area contributed by atoms with E-state index < -0.39 is 0 Å². The van der Waals surface area contributed by atoms with Gasteiger partial charge in [-0.05, 0) is 58.1 Å². The van der Waals surface area contributed by atoms with Gasteiger partial charge in [-0.1, -0.05) is 17.7 Å². The third-order valence-electron chi connectivity index (χ3n) is 3.58. The summed E-state index contributed by atoms with van der Waals surface area (Å²) in [5, 5.41) is 3.43. The number of nitrogens with two attached hydrogens (primary N) is 1. The van der Waals surface area contributed by atoms with Crippen LogP contribution in [-0.2, 0) is 0 Å². The molecular weight excluding hydrogens is 248 g/mol. The van der Waals surface area contributed by atoms with Gasteiger partial charge in [-0.25, -0.2) is 0 Å². The number of hydrogen-bond acceptors (Lipinski definition) is 3. The lowest BCUT2D eigenvalue weighted by atomic mass is 9.97. The Labute approximate surface area is 122 Å². The second kappa shape index (κ2) is 7.22. The van der Waals surface area contributed by atoms with Crippen molar-refractivity contribution in [1.82, 2.24) is 0 Å². The molecule has 0 aliphatic heterocycles. The molecule has 0 saturated heterocycles. The summed E-state index contributed by atoms with van der Waals surface area (Å²) in [7, 11) is 0. The Hall–Kier alpha value is -1.64. The number of nitrogens with one attached hydrogen (secondary N) is 1. The largest absolute Gasteiger partial charge is 0.489 e. The lowest BCUT2D eigenvalue weighted by Gasteiger charge is -2.17. The lowest BCUT2D eigenvalue weighted by molar-refractivity contribution is 0.244. The summed E-state index contributed by atoms with van der Waals surface area (Å²) >= 11 is 0. The normalized spacial score (nSPS) is 15.1. The molecule has 0 saturated carbocycles. The minimum Gasteiger partial charge on any atom is -0.489 e. The van der Waals surface area contributed by atoms with Gasteiger partial charge in [0.1, 0.15) is 5.75 Å². The summed E-state index contributed by atoms with van der Waals surface area (Å²) in [5.74, 6) is 0.766. The highest BCUT2D eigenvalue weighted by Crippen LogP contribution is 2.30. The topological polar surface area (TPSA) is 47.3 Å². The highest BCUT2D eigenvalue weighted by molar-refractivity contribution is 5.72. The molecule has 3 nitrogen and oxygen atoms in total. The number of allylic oxidation sites excluding steroid dienone is 1. The summed E-state index contributed by atoms with van der Waals surface area (Å²) in [4.78, 5) is 0. The quantitative estimate of drug-likeness (QED) is 0.598. The van der Waals surface area contributed by atoms with Gasteiger partial charge < -0.3 is 15.8 Å². The maximum Gasteiger partial charge on any atom is 0.144 e. The van der Waals surface area contributed by atoms with Crippen molar-refractivity contribution < 1.29 is 4.74 Å². The average Bonchev–Trinajstić information content (AvgIpc) is 2.43. The van der Waals surface area contributed by atoms with Crippen LogP contribution < -0.4 is 15.8 Å². The Bertz CT molecular complexity index is 466. The van der Waals surface area contributed by atoms with Crippen molar-refractivity contribution in [2.45, 2.75) is 52.1 Å². The first-order chi connectivity index (χ1) is 9.66. The third-order valence-corrected chi connectivity index (χ3v) is 3.58. The smallest absolute Gasteiger partial charge is 0.144 e. The molecule has 1 aromatic rings. The molecule has 1 aliphatic rings. The van der Waals surface area contributed by atoms with Gasteiger partial charge >= 0.3 is 0 Å². The van der Waals surface area contributed by atoms with Crippen LogP contribution in [0.2, 0.25) is 0 Å². The van der Waals surface area contributed by atoms with Crippen LogP contribution in [0.1, 0.15) is 46.0 Å². The van der Waals surface area contributed by atoms with E-state index >= 15 is 0 Å². The van der Waals surface area contributed by atoms with Crippen molar-refractivity contribution in [2.75, 3.05) is 17.6 Å². The molecule has 0 spiro atoms. The predicted octanol–water partition coefficient (Wildman–Crippen LogP) is 4.36. The highest BCUT2D eigenvalue weighted by Gasteiger charge is 2.08. The van der Waals surface area contributed by atoms with Gasteiger partial charge in [0.15, 0.2) is 0 Å². The molecule has 3 N–H and O–H groups in total. The molecule has 0 fully saturated rings. The molecule has 0 unspecified atom stereocenters. The maximum absolute atomic E-state index is 6.15. The minimum atomic E-state index is 0.139. The molecule has 1 aromatic carbocycles. The Morgan fingerprint density at radius 2 is 2.15 bits per heavy atom. The van der Waals surface area contributed by atoms with Crippen LogP contribution in [0.5, 0.6) is 5.75 Å². The van der Waals surface area contributed by atoms with Crippen LogP contribution >= 0.6 is 0 Å². The molecule has 0 heterocycles. The minimum absolute atomic E-state index is 0.139. The molecule has 0 radical (unpaired) electrons. The van der Waals surface area contributed by atoms with Crippen LogP contribution in [0.15, 0.2) is 29.8 Å². The van der Waals surface area contributed by atoms with E-state index in [1.165, 1.54) is 25.7 Å². The van der Waals surface area contributed by atoms with Crippen molar-refractivity contribution in [3.05, 3.63) is 29.8 Å². The fraction of sp³-hybridized carbons (Fsp3) is 0.529. The number of rotatable bonds is 6. The Balaban J connectivity index is 1.90. The van der Waals surface area contributed by atoms with Gasteiger partial charge in [0.25, 0.3) is 0 Å². The standard InChI is InChI=1S/C17H26N2O/c1-13(2)20-16-10-6-9-15(17(16)18)19-12-11-14-7-4-3-5-8-14/h6-7,9-10,13,19H,3-5,8,11-12,18H2,1-2H3. The van der Waals surface area contributed by atoms with Gasteiger partial charge in [-0.3, -0.25) is 0 Å². The van der Waals surface area contributed by atoms with Gasteiger partial charge in [0.2, 0.25) is 0 Å². The van der Waals surface area contributed by atoms with Crippen molar-refractivity contribution >= 4 is 11.4 Å². The van der Waals surface area contributed by atoms with E-state index in [-0.39, 0.29) is 6.10 Å². The fourth-order valence-electron chi connectivity index (χ4n) is 2.54. The van der Waals surface area contributed by atoms with E-state index in [4.69, 9.17) is 10.5 Å². The lowest BCUT2D eigenvalue weighted by Crippen LogP contribution is -2.10. The number of ether oxygens (including phenoxy) is 1. The molecule has 0 bridgehead atoms. The van der Waals surface area contributed by atoms with Gasteiger partial charge in [0, 0.05) is 6.54 Å². The van der Waals surface area contributed by atoms with E-state index in [2.05, 4.69) is 11.4 Å².